The van der Waals surface area contributed by atoms with E-state index in [0.29, 0.717) is 6.10 Å². The molecule has 0 aromatic heterocycles. The van der Waals surface area contributed by atoms with Crippen LogP contribution in [0.2, 0.25) is 0 Å². The third-order valence-electron chi connectivity index (χ3n) is 3.12. The summed E-state index contributed by atoms with van der Waals surface area (Å²) >= 11 is 3.57. The lowest BCUT2D eigenvalue weighted by Gasteiger charge is -2.37. The van der Waals surface area contributed by atoms with Crippen LogP contribution in [0.3, 0.4) is 0 Å². The predicted molar refractivity (Wildman–Crippen MR) is 66.3 cm³/mol. The zero-order valence-electron chi connectivity index (χ0n) is 9.08. The zero-order chi connectivity index (χ0) is 10.7. The Morgan fingerprint density at radius 1 is 1.33 bits per heavy atom. The standard InChI is InChI=1S/C13H17BrO/c1-13(10-14,15-12-8-5-9-12)11-6-3-2-4-7-11/h2-4,6-7,12H,5,8-10H2,1H3. The van der Waals surface area contributed by atoms with E-state index in [1.54, 1.807) is 0 Å². The molecule has 0 radical (unpaired) electrons. The van der Waals surface area contributed by atoms with E-state index < -0.39 is 0 Å². The first-order valence-corrected chi connectivity index (χ1v) is 6.66. The van der Waals surface area contributed by atoms with E-state index in [9.17, 15) is 0 Å². The zero-order valence-corrected chi connectivity index (χ0v) is 10.7. The van der Waals surface area contributed by atoms with Crippen molar-refractivity contribution in [1.29, 1.82) is 0 Å². The molecule has 1 aliphatic rings. The Hall–Kier alpha value is -0.340. The molecular weight excluding hydrogens is 252 g/mol. The van der Waals surface area contributed by atoms with E-state index in [1.165, 1.54) is 24.8 Å². The van der Waals surface area contributed by atoms with Gasteiger partial charge in [0.25, 0.3) is 0 Å². The topological polar surface area (TPSA) is 9.23 Å². The molecule has 1 nitrogen and oxygen atoms in total. The van der Waals surface area contributed by atoms with Gasteiger partial charge in [0.2, 0.25) is 0 Å². The van der Waals surface area contributed by atoms with Crippen molar-refractivity contribution >= 4 is 15.9 Å². The molecule has 15 heavy (non-hydrogen) atoms. The second-order valence-corrected chi connectivity index (χ2v) is 4.96. The summed E-state index contributed by atoms with van der Waals surface area (Å²) < 4.78 is 6.16. The van der Waals surface area contributed by atoms with Gasteiger partial charge in [-0.2, -0.15) is 0 Å². The summed E-state index contributed by atoms with van der Waals surface area (Å²) in [6.45, 7) is 2.16. The van der Waals surface area contributed by atoms with E-state index in [-0.39, 0.29) is 5.60 Å². The number of ether oxygens (including phenoxy) is 1. The highest BCUT2D eigenvalue weighted by atomic mass is 79.9. The largest absolute Gasteiger partial charge is 0.366 e. The summed E-state index contributed by atoms with van der Waals surface area (Å²) in [4.78, 5) is 0. The van der Waals surface area contributed by atoms with Crippen LogP contribution in [0.15, 0.2) is 30.3 Å². The number of hydrogen-bond donors (Lipinski definition) is 0. The molecule has 0 spiro atoms. The van der Waals surface area contributed by atoms with E-state index in [1.807, 2.05) is 6.07 Å². The summed E-state index contributed by atoms with van der Waals surface area (Å²) in [5, 5.41) is 0.848. The first kappa shape index (κ1) is 11.2. The molecular formula is C13H17BrO. The van der Waals surface area contributed by atoms with Crippen molar-refractivity contribution in [3.8, 4) is 0 Å². The van der Waals surface area contributed by atoms with Crippen molar-refractivity contribution in [3.05, 3.63) is 35.9 Å². The van der Waals surface area contributed by atoms with Gasteiger partial charge in [-0.3, -0.25) is 0 Å². The maximum Gasteiger partial charge on any atom is 0.100 e. The molecule has 0 heterocycles. The van der Waals surface area contributed by atoms with Crippen molar-refractivity contribution < 1.29 is 4.74 Å². The number of hydrogen-bond acceptors (Lipinski definition) is 1. The fourth-order valence-electron chi connectivity index (χ4n) is 1.82. The molecule has 82 valence electrons. The van der Waals surface area contributed by atoms with Gasteiger partial charge < -0.3 is 4.74 Å². The molecule has 1 aromatic carbocycles. The highest BCUT2D eigenvalue weighted by Gasteiger charge is 2.32. The first-order chi connectivity index (χ1) is 7.24. The smallest absolute Gasteiger partial charge is 0.100 e. The molecule has 2 heteroatoms. The maximum atomic E-state index is 6.16. The second kappa shape index (κ2) is 4.67. The molecule has 0 saturated heterocycles. The Bertz CT molecular complexity index is 308. The van der Waals surface area contributed by atoms with Crippen LogP contribution < -0.4 is 0 Å². The van der Waals surface area contributed by atoms with E-state index in [0.717, 1.165) is 5.33 Å². The number of rotatable bonds is 4. The predicted octanol–water partition coefficient (Wildman–Crippen LogP) is 3.87. The summed E-state index contributed by atoms with van der Waals surface area (Å²) in [6.07, 6.45) is 4.22. The number of halogens is 1. The Labute approximate surface area is 100.0 Å². The van der Waals surface area contributed by atoms with E-state index >= 15 is 0 Å². The van der Waals surface area contributed by atoms with Crippen LogP contribution in [0.25, 0.3) is 0 Å². The lowest BCUT2D eigenvalue weighted by atomic mass is 9.92. The van der Waals surface area contributed by atoms with E-state index in [2.05, 4.69) is 47.1 Å². The molecule has 1 aromatic rings. The van der Waals surface area contributed by atoms with Crippen molar-refractivity contribution in [2.45, 2.75) is 37.9 Å². The van der Waals surface area contributed by atoms with Gasteiger partial charge in [0.15, 0.2) is 0 Å². The van der Waals surface area contributed by atoms with Crippen LogP contribution in [0, 0.1) is 0 Å². The number of benzene rings is 1. The monoisotopic (exact) mass is 268 g/mol. The van der Waals surface area contributed by atoms with Gasteiger partial charge in [0.1, 0.15) is 5.60 Å². The average Bonchev–Trinajstić information content (AvgIpc) is 2.24. The molecule has 1 unspecified atom stereocenters. The van der Waals surface area contributed by atoms with Gasteiger partial charge in [-0.05, 0) is 31.7 Å². The SMILES string of the molecule is CC(CBr)(OC1CCC1)c1ccccc1. The van der Waals surface area contributed by atoms with Crippen LogP contribution in [0.4, 0.5) is 0 Å². The minimum absolute atomic E-state index is 0.174. The molecule has 2 rings (SSSR count). The van der Waals surface area contributed by atoms with E-state index in [4.69, 9.17) is 4.74 Å². The van der Waals surface area contributed by atoms with Gasteiger partial charge in [-0.25, -0.2) is 0 Å². The normalized spacial score (nSPS) is 20.7. The minimum Gasteiger partial charge on any atom is -0.366 e. The molecule has 0 aliphatic heterocycles. The summed E-state index contributed by atoms with van der Waals surface area (Å²) in [5.74, 6) is 0. The fraction of sp³-hybridized carbons (Fsp3) is 0.538. The minimum atomic E-state index is -0.174. The Balaban J connectivity index is 2.12. The quantitative estimate of drug-likeness (QED) is 0.754. The lowest BCUT2D eigenvalue weighted by molar-refractivity contribution is -0.103. The summed E-state index contributed by atoms with van der Waals surface area (Å²) in [7, 11) is 0. The molecule has 1 aliphatic carbocycles. The Morgan fingerprint density at radius 3 is 2.47 bits per heavy atom. The molecule has 0 amide bonds. The summed E-state index contributed by atoms with van der Waals surface area (Å²) in [5.41, 5.74) is 1.08. The van der Waals surface area contributed by atoms with Gasteiger partial charge in [0, 0.05) is 5.33 Å². The van der Waals surface area contributed by atoms with Crippen LogP contribution in [0.1, 0.15) is 31.7 Å². The van der Waals surface area contributed by atoms with Crippen molar-refractivity contribution in [2.75, 3.05) is 5.33 Å². The molecule has 1 atom stereocenters. The van der Waals surface area contributed by atoms with Crippen LogP contribution >= 0.6 is 15.9 Å². The summed E-state index contributed by atoms with van der Waals surface area (Å²) in [6, 6.07) is 10.5. The van der Waals surface area contributed by atoms with Gasteiger partial charge >= 0.3 is 0 Å². The average molecular weight is 269 g/mol. The Morgan fingerprint density at radius 2 is 2.00 bits per heavy atom. The van der Waals surface area contributed by atoms with Gasteiger partial charge in [0.05, 0.1) is 6.10 Å². The van der Waals surface area contributed by atoms with Crippen LogP contribution in [-0.4, -0.2) is 11.4 Å². The number of alkyl halides is 1. The van der Waals surface area contributed by atoms with Gasteiger partial charge in [-0.15, -0.1) is 0 Å². The van der Waals surface area contributed by atoms with Crippen LogP contribution in [0.5, 0.6) is 0 Å². The van der Waals surface area contributed by atoms with Crippen molar-refractivity contribution in [1.82, 2.24) is 0 Å². The molecule has 0 bridgehead atoms. The highest BCUT2D eigenvalue weighted by molar-refractivity contribution is 9.09. The third kappa shape index (κ3) is 2.43. The van der Waals surface area contributed by atoms with Gasteiger partial charge in [-0.1, -0.05) is 46.3 Å². The first-order valence-electron chi connectivity index (χ1n) is 5.54. The lowest BCUT2D eigenvalue weighted by Crippen LogP contribution is -2.36. The second-order valence-electron chi connectivity index (χ2n) is 4.40. The maximum absolute atomic E-state index is 6.16. The third-order valence-corrected chi connectivity index (χ3v) is 4.19. The van der Waals surface area contributed by atoms with Crippen molar-refractivity contribution in [3.63, 3.8) is 0 Å². The highest BCUT2D eigenvalue weighted by Crippen LogP contribution is 2.34. The van der Waals surface area contributed by atoms with Crippen LogP contribution in [-0.2, 0) is 10.3 Å². The molecule has 1 fully saturated rings. The molecule has 0 N–H and O–H groups in total. The molecule has 1 saturated carbocycles. The fourth-order valence-corrected chi connectivity index (χ4v) is 2.28. The van der Waals surface area contributed by atoms with Crippen molar-refractivity contribution in [2.24, 2.45) is 0 Å². The Kier molecular flexibility index (Phi) is 3.47.